The minimum atomic E-state index is 0.484. The van der Waals surface area contributed by atoms with Crippen LogP contribution in [0.3, 0.4) is 0 Å². The molecule has 76 valence electrons. The third-order valence-corrected chi connectivity index (χ3v) is 2.92. The maximum atomic E-state index is 5.57. The molecule has 2 rings (SSSR count). The highest BCUT2D eigenvalue weighted by molar-refractivity contribution is 5.43. The van der Waals surface area contributed by atoms with Crippen molar-refractivity contribution in [3.8, 4) is 0 Å². The van der Waals surface area contributed by atoms with Gasteiger partial charge in [0, 0.05) is 12.1 Å². The molecule has 1 fully saturated rings. The fraction of sp³-hybridized carbons (Fsp3) is 0.600. The Morgan fingerprint density at radius 3 is 2.86 bits per heavy atom. The lowest BCUT2D eigenvalue weighted by molar-refractivity contribution is 0.285. The van der Waals surface area contributed by atoms with E-state index in [-0.39, 0.29) is 0 Å². The van der Waals surface area contributed by atoms with E-state index in [2.05, 4.69) is 22.2 Å². The largest absolute Gasteiger partial charge is 0.384 e. The zero-order chi connectivity index (χ0) is 9.97. The number of hydrogen-bond donors (Lipinski definition) is 2. The maximum Gasteiger partial charge on any atom is 0.131 e. The monoisotopic (exact) mass is 192 g/mol. The molecule has 1 aromatic rings. The zero-order valence-corrected chi connectivity index (χ0v) is 8.40. The van der Waals surface area contributed by atoms with Gasteiger partial charge in [-0.25, -0.2) is 9.97 Å². The summed E-state index contributed by atoms with van der Waals surface area (Å²) in [5.41, 5.74) is 5.57. The Balaban J connectivity index is 1.95. The number of hydrogen-bond acceptors (Lipinski definition) is 4. The minimum absolute atomic E-state index is 0.484. The lowest BCUT2D eigenvalue weighted by Crippen LogP contribution is -2.31. The van der Waals surface area contributed by atoms with E-state index < -0.39 is 0 Å². The van der Waals surface area contributed by atoms with Crippen LogP contribution in [0.15, 0.2) is 12.4 Å². The summed E-state index contributed by atoms with van der Waals surface area (Å²) in [4.78, 5) is 7.97. The quantitative estimate of drug-likeness (QED) is 0.764. The van der Waals surface area contributed by atoms with Crippen LogP contribution in [0.4, 0.5) is 11.6 Å². The smallest absolute Gasteiger partial charge is 0.131 e. The topological polar surface area (TPSA) is 63.8 Å². The second-order valence-corrected chi connectivity index (χ2v) is 3.95. The first-order valence-corrected chi connectivity index (χ1v) is 5.10. The van der Waals surface area contributed by atoms with E-state index in [1.54, 1.807) is 6.07 Å². The first-order chi connectivity index (χ1) is 6.75. The fourth-order valence-corrected chi connectivity index (χ4v) is 1.74. The molecule has 1 aliphatic rings. The number of aromatic nitrogens is 2. The van der Waals surface area contributed by atoms with Gasteiger partial charge in [0.1, 0.15) is 18.0 Å². The summed E-state index contributed by atoms with van der Waals surface area (Å²) in [6, 6.07) is 2.26. The van der Waals surface area contributed by atoms with Crippen molar-refractivity contribution in [1.29, 1.82) is 0 Å². The van der Waals surface area contributed by atoms with Crippen molar-refractivity contribution in [2.24, 2.45) is 5.92 Å². The molecule has 1 saturated carbocycles. The SMILES string of the molecule is CC(Nc1cc(N)ncn1)C1CCC1. The molecule has 3 N–H and O–H groups in total. The molecule has 4 nitrogen and oxygen atoms in total. The van der Waals surface area contributed by atoms with E-state index in [1.165, 1.54) is 25.6 Å². The Morgan fingerprint density at radius 1 is 1.50 bits per heavy atom. The summed E-state index contributed by atoms with van der Waals surface area (Å²) >= 11 is 0. The van der Waals surface area contributed by atoms with Gasteiger partial charge in [0.15, 0.2) is 0 Å². The molecule has 1 unspecified atom stereocenters. The van der Waals surface area contributed by atoms with Crippen LogP contribution in [-0.4, -0.2) is 16.0 Å². The molecular formula is C10H16N4. The standard InChI is InChI=1S/C10H16N4/c1-7(8-3-2-4-8)14-10-5-9(11)12-6-13-10/h5-8H,2-4H2,1H3,(H3,11,12,13,14). The molecule has 0 spiro atoms. The van der Waals surface area contributed by atoms with Gasteiger partial charge in [-0.3, -0.25) is 0 Å². The van der Waals surface area contributed by atoms with Crippen molar-refractivity contribution >= 4 is 11.6 Å². The minimum Gasteiger partial charge on any atom is -0.384 e. The number of nitrogens with one attached hydrogen (secondary N) is 1. The number of anilines is 2. The van der Waals surface area contributed by atoms with Crippen molar-refractivity contribution in [3.05, 3.63) is 12.4 Å². The second-order valence-electron chi connectivity index (χ2n) is 3.95. The molecule has 0 bridgehead atoms. The molecule has 0 saturated heterocycles. The molecule has 0 aliphatic heterocycles. The zero-order valence-electron chi connectivity index (χ0n) is 8.40. The summed E-state index contributed by atoms with van der Waals surface area (Å²) < 4.78 is 0. The molecule has 0 amide bonds. The second kappa shape index (κ2) is 3.82. The molecule has 0 radical (unpaired) electrons. The highest BCUT2D eigenvalue weighted by Crippen LogP contribution is 2.30. The lowest BCUT2D eigenvalue weighted by atomic mass is 9.80. The van der Waals surface area contributed by atoms with E-state index in [0.29, 0.717) is 11.9 Å². The fourth-order valence-electron chi connectivity index (χ4n) is 1.74. The molecule has 1 atom stereocenters. The summed E-state index contributed by atoms with van der Waals surface area (Å²) in [6.07, 6.45) is 5.51. The first-order valence-electron chi connectivity index (χ1n) is 5.10. The van der Waals surface area contributed by atoms with Gasteiger partial charge in [-0.2, -0.15) is 0 Å². The Kier molecular flexibility index (Phi) is 2.52. The highest BCUT2D eigenvalue weighted by Gasteiger charge is 2.23. The van der Waals surface area contributed by atoms with Gasteiger partial charge in [0.05, 0.1) is 0 Å². The predicted octanol–water partition coefficient (Wildman–Crippen LogP) is 1.66. The van der Waals surface area contributed by atoms with E-state index in [1.807, 2.05) is 0 Å². The van der Waals surface area contributed by atoms with Crippen LogP contribution in [-0.2, 0) is 0 Å². The third kappa shape index (κ3) is 1.95. The van der Waals surface area contributed by atoms with Crippen molar-refractivity contribution in [2.45, 2.75) is 32.2 Å². The molecule has 4 heteroatoms. The van der Waals surface area contributed by atoms with Crippen LogP contribution in [0.1, 0.15) is 26.2 Å². The number of nitrogen functional groups attached to an aromatic ring is 1. The summed E-state index contributed by atoms with van der Waals surface area (Å²) in [5.74, 6) is 2.14. The summed E-state index contributed by atoms with van der Waals surface area (Å²) in [5, 5.41) is 3.35. The van der Waals surface area contributed by atoms with E-state index in [4.69, 9.17) is 5.73 Å². The molecular weight excluding hydrogens is 176 g/mol. The van der Waals surface area contributed by atoms with Crippen molar-refractivity contribution < 1.29 is 0 Å². The molecule has 1 aliphatic carbocycles. The van der Waals surface area contributed by atoms with Crippen molar-refractivity contribution in [1.82, 2.24) is 9.97 Å². The van der Waals surface area contributed by atoms with Crippen LogP contribution < -0.4 is 11.1 Å². The van der Waals surface area contributed by atoms with Crippen LogP contribution in [0.2, 0.25) is 0 Å². The van der Waals surface area contributed by atoms with Crippen molar-refractivity contribution in [2.75, 3.05) is 11.1 Å². The van der Waals surface area contributed by atoms with Gasteiger partial charge in [0.2, 0.25) is 0 Å². The normalized spacial score (nSPS) is 18.6. The van der Waals surface area contributed by atoms with Crippen LogP contribution in [0, 0.1) is 5.92 Å². The Hall–Kier alpha value is -1.32. The van der Waals surface area contributed by atoms with E-state index in [9.17, 15) is 0 Å². The van der Waals surface area contributed by atoms with Gasteiger partial charge < -0.3 is 11.1 Å². The van der Waals surface area contributed by atoms with Crippen LogP contribution >= 0.6 is 0 Å². The molecule has 0 aromatic carbocycles. The number of nitrogens with two attached hydrogens (primary N) is 1. The van der Waals surface area contributed by atoms with Crippen LogP contribution in [0.25, 0.3) is 0 Å². The first kappa shape index (κ1) is 9.24. The summed E-state index contributed by atoms with van der Waals surface area (Å²) in [7, 11) is 0. The number of nitrogens with zero attached hydrogens (tertiary/aromatic N) is 2. The van der Waals surface area contributed by atoms with E-state index in [0.717, 1.165) is 11.7 Å². The predicted molar refractivity (Wildman–Crippen MR) is 56.9 cm³/mol. The molecule has 14 heavy (non-hydrogen) atoms. The van der Waals surface area contributed by atoms with Gasteiger partial charge >= 0.3 is 0 Å². The third-order valence-electron chi connectivity index (χ3n) is 2.92. The van der Waals surface area contributed by atoms with Gasteiger partial charge in [0.25, 0.3) is 0 Å². The Morgan fingerprint density at radius 2 is 2.29 bits per heavy atom. The van der Waals surface area contributed by atoms with Gasteiger partial charge in [-0.15, -0.1) is 0 Å². The Bertz CT molecular complexity index is 309. The average molecular weight is 192 g/mol. The average Bonchev–Trinajstić information content (AvgIpc) is 1.99. The number of rotatable bonds is 3. The maximum absolute atomic E-state index is 5.57. The van der Waals surface area contributed by atoms with Crippen LogP contribution in [0.5, 0.6) is 0 Å². The van der Waals surface area contributed by atoms with Gasteiger partial charge in [-0.1, -0.05) is 6.42 Å². The van der Waals surface area contributed by atoms with Gasteiger partial charge in [-0.05, 0) is 25.7 Å². The molecule has 1 aromatic heterocycles. The summed E-state index contributed by atoms with van der Waals surface area (Å²) in [6.45, 7) is 2.20. The molecule has 1 heterocycles. The van der Waals surface area contributed by atoms with Crippen molar-refractivity contribution in [3.63, 3.8) is 0 Å². The highest BCUT2D eigenvalue weighted by atomic mass is 15.0. The Labute approximate surface area is 83.9 Å². The lowest BCUT2D eigenvalue weighted by Gasteiger charge is -2.32. The van der Waals surface area contributed by atoms with E-state index >= 15 is 0 Å².